The van der Waals surface area contributed by atoms with Gasteiger partial charge in [-0.1, -0.05) is 299 Å². The topological polar surface area (TPSA) is 237 Å². The molecular weight excluding hydrogens is 1190 g/mol. The van der Waals surface area contributed by atoms with Crippen LogP contribution >= 0.6 is 15.6 Å². The SMILES string of the molecule is CC(C)CCCCCCCCCCCCCCCC(=O)O[C@H](COC(=O)CCCCCCCCC(C)C)COP(=O)(O)OC[C@H](O)COP(=O)(O)OC[C@@H](COC(=O)CCCCCCCCCCCC(C)C)OC(=O)CCCCCCCCCCCCC(C)C. The zero-order valence-corrected chi connectivity index (χ0v) is 60.6. The molecule has 0 rings (SSSR count). The number of esters is 4. The van der Waals surface area contributed by atoms with Gasteiger partial charge in [-0.3, -0.25) is 37.3 Å². The average molecular weight is 1330 g/mol. The number of carbonyl (C=O) groups is 4. The van der Waals surface area contributed by atoms with Gasteiger partial charge >= 0.3 is 39.5 Å². The number of phosphoric acid groups is 2. The molecule has 0 aliphatic heterocycles. The fourth-order valence-electron chi connectivity index (χ4n) is 10.7. The highest BCUT2D eigenvalue weighted by molar-refractivity contribution is 7.47. The lowest BCUT2D eigenvalue weighted by Gasteiger charge is -2.21. The first-order valence-electron chi connectivity index (χ1n) is 36.7. The van der Waals surface area contributed by atoms with Gasteiger partial charge in [0.05, 0.1) is 26.4 Å². The summed E-state index contributed by atoms with van der Waals surface area (Å²) in [6.45, 7) is 14.1. The largest absolute Gasteiger partial charge is 0.472 e. The maximum Gasteiger partial charge on any atom is 0.472 e. The summed E-state index contributed by atoms with van der Waals surface area (Å²) in [4.78, 5) is 72.6. The van der Waals surface area contributed by atoms with E-state index in [0.717, 1.165) is 114 Å². The van der Waals surface area contributed by atoms with Gasteiger partial charge in [-0.2, -0.15) is 0 Å². The van der Waals surface area contributed by atoms with E-state index in [4.69, 9.17) is 37.0 Å². The van der Waals surface area contributed by atoms with Crippen molar-refractivity contribution in [3.63, 3.8) is 0 Å². The van der Waals surface area contributed by atoms with Crippen LogP contribution in [-0.2, 0) is 65.4 Å². The molecule has 534 valence electrons. The quantitative estimate of drug-likeness (QED) is 0.0222. The van der Waals surface area contributed by atoms with Crippen molar-refractivity contribution in [2.24, 2.45) is 23.7 Å². The van der Waals surface area contributed by atoms with Gasteiger partial charge in [0, 0.05) is 25.7 Å². The van der Waals surface area contributed by atoms with Crippen LogP contribution in [0.4, 0.5) is 0 Å². The summed E-state index contributed by atoms with van der Waals surface area (Å²) in [5.41, 5.74) is 0. The number of aliphatic hydroxyl groups excluding tert-OH is 1. The Balaban J connectivity index is 5.24. The molecule has 0 heterocycles. The van der Waals surface area contributed by atoms with E-state index in [9.17, 15) is 43.2 Å². The summed E-state index contributed by atoms with van der Waals surface area (Å²) >= 11 is 0. The number of unbranched alkanes of at least 4 members (excludes halogenated alkanes) is 34. The number of phosphoric ester groups is 2. The van der Waals surface area contributed by atoms with E-state index < -0.39 is 97.5 Å². The highest BCUT2D eigenvalue weighted by Crippen LogP contribution is 2.45. The third-order valence-electron chi connectivity index (χ3n) is 16.3. The molecular formula is C71H138O17P2. The molecule has 0 bridgehead atoms. The zero-order valence-electron chi connectivity index (χ0n) is 58.8. The Kier molecular flexibility index (Phi) is 59.4. The Bertz CT molecular complexity index is 1780. The number of carbonyl (C=O) groups excluding carboxylic acids is 4. The lowest BCUT2D eigenvalue weighted by Crippen LogP contribution is -2.30. The zero-order chi connectivity index (χ0) is 66.8. The molecule has 17 nitrogen and oxygen atoms in total. The Hall–Kier alpha value is -1.94. The van der Waals surface area contributed by atoms with Crippen molar-refractivity contribution in [2.45, 2.75) is 369 Å². The Morgan fingerprint density at radius 1 is 0.278 bits per heavy atom. The van der Waals surface area contributed by atoms with Gasteiger partial charge in [0.2, 0.25) is 0 Å². The number of aliphatic hydroxyl groups is 1. The second kappa shape index (κ2) is 60.7. The highest BCUT2D eigenvalue weighted by Gasteiger charge is 2.30. The van der Waals surface area contributed by atoms with Gasteiger partial charge in [0.1, 0.15) is 19.3 Å². The van der Waals surface area contributed by atoms with Crippen LogP contribution in [-0.4, -0.2) is 96.7 Å². The second-order valence-corrected chi connectivity index (χ2v) is 30.4. The molecule has 0 saturated carbocycles. The van der Waals surface area contributed by atoms with E-state index in [1.807, 2.05) is 0 Å². The standard InChI is InChI=1S/C71H138O17P2/c1-61(2)47-39-31-23-17-12-10-9-11-13-20-27-37-45-53-70(75)88-67(58-82-69(74)52-44-36-30-29-34-42-50-64(7)8)60-86-90(79,80)84-56-65(72)55-83-89(77,78)85-59-66(57-81-68(73)51-43-35-26-22-16-19-25-33-41-49-63(5)6)87-71(76)54-46-38-28-21-15-14-18-24-32-40-48-62(3)4/h61-67,72H,9-60H2,1-8H3,(H,77,78)(H,79,80)/t65-,66-,67-/m1/s1. The molecule has 0 aliphatic carbocycles. The fourth-order valence-corrected chi connectivity index (χ4v) is 12.2. The Labute approximate surface area is 549 Å². The molecule has 0 spiro atoms. The molecule has 2 unspecified atom stereocenters. The average Bonchev–Trinajstić information content (AvgIpc) is 3.37. The minimum absolute atomic E-state index is 0.105. The fraction of sp³-hybridized carbons (Fsp3) is 0.944. The molecule has 3 N–H and O–H groups in total. The van der Waals surface area contributed by atoms with Gasteiger partial charge < -0.3 is 33.8 Å². The van der Waals surface area contributed by atoms with E-state index in [1.54, 1.807) is 0 Å². The molecule has 0 aromatic carbocycles. The van der Waals surface area contributed by atoms with Crippen molar-refractivity contribution in [1.29, 1.82) is 0 Å². The summed E-state index contributed by atoms with van der Waals surface area (Å²) < 4.78 is 68.3. The maximum absolute atomic E-state index is 13.0. The lowest BCUT2D eigenvalue weighted by atomic mass is 10.0. The van der Waals surface area contributed by atoms with Crippen molar-refractivity contribution in [2.75, 3.05) is 39.6 Å². The summed E-state index contributed by atoms with van der Waals surface area (Å²) in [7, 11) is -9.90. The first-order chi connectivity index (χ1) is 43.1. The Morgan fingerprint density at radius 3 is 0.689 bits per heavy atom. The molecule has 0 aromatic heterocycles. The van der Waals surface area contributed by atoms with Crippen molar-refractivity contribution >= 4 is 39.5 Å². The van der Waals surface area contributed by atoms with E-state index in [2.05, 4.69) is 55.4 Å². The normalized spacial score (nSPS) is 14.3. The summed E-state index contributed by atoms with van der Waals surface area (Å²) in [5.74, 6) is 0.832. The first kappa shape index (κ1) is 88.1. The molecule has 0 radical (unpaired) electrons. The van der Waals surface area contributed by atoms with Crippen LogP contribution in [0.1, 0.15) is 351 Å². The predicted molar refractivity (Wildman–Crippen MR) is 363 cm³/mol. The van der Waals surface area contributed by atoms with E-state index >= 15 is 0 Å². The molecule has 19 heteroatoms. The molecule has 90 heavy (non-hydrogen) atoms. The van der Waals surface area contributed by atoms with Gasteiger partial charge in [-0.05, 0) is 49.4 Å². The first-order valence-corrected chi connectivity index (χ1v) is 39.7. The minimum Gasteiger partial charge on any atom is -0.462 e. The molecule has 0 aliphatic rings. The van der Waals surface area contributed by atoms with E-state index in [0.29, 0.717) is 31.6 Å². The van der Waals surface area contributed by atoms with Crippen LogP contribution in [0.3, 0.4) is 0 Å². The van der Waals surface area contributed by atoms with Crippen LogP contribution in [0.2, 0.25) is 0 Å². The highest BCUT2D eigenvalue weighted by atomic mass is 31.2. The number of hydrogen-bond donors (Lipinski definition) is 3. The van der Waals surface area contributed by atoms with E-state index in [1.165, 1.54) is 148 Å². The summed E-state index contributed by atoms with van der Waals surface area (Å²) in [5, 5.41) is 10.6. The number of rotatable bonds is 68. The predicted octanol–water partition coefficient (Wildman–Crippen LogP) is 20.1. The van der Waals surface area contributed by atoms with Crippen LogP contribution in [0.25, 0.3) is 0 Å². The molecule has 5 atom stereocenters. The van der Waals surface area contributed by atoms with Gasteiger partial charge in [-0.25, -0.2) is 9.13 Å². The van der Waals surface area contributed by atoms with Crippen molar-refractivity contribution in [1.82, 2.24) is 0 Å². The van der Waals surface area contributed by atoms with Crippen molar-refractivity contribution in [3.8, 4) is 0 Å². The van der Waals surface area contributed by atoms with E-state index in [-0.39, 0.29) is 25.7 Å². The maximum atomic E-state index is 13.0. The lowest BCUT2D eigenvalue weighted by molar-refractivity contribution is -0.161. The van der Waals surface area contributed by atoms with Crippen LogP contribution in [0.15, 0.2) is 0 Å². The van der Waals surface area contributed by atoms with Gasteiger partial charge in [0.15, 0.2) is 12.2 Å². The van der Waals surface area contributed by atoms with Crippen LogP contribution in [0.5, 0.6) is 0 Å². The van der Waals surface area contributed by atoms with Gasteiger partial charge in [0.25, 0.3) is 0 Å². The van der Waals surface area contributed by atoms with Crippen molar-refractivity contribution < 1.29 is 80.2 Å². The Morgan fingerprint density at radius 2 is 0.467 bits per heavy atom. The second-order valence-electron chi connectivity index (χ2n) is 27.5. The van der Waals surface area contributed by atoms with Crippen molar-refractivity contribution in [3.05, 3.63) is 0 Å². The summed E-state index contributed by atoms with van der Waals surface area (Å²) in [6, 6.07) is 0. The smallest absolute Gasteiger partial charge is 0.462 e. The van der Waals surface area contributed by atoms with Crippen LogP contribution < -0.4 is 0 Å². The third-order valence-corrected chi connectivity index (χ3v) is 18.2. The number of ether oxygens (including phenoxy) is 4. The van der Waals surface area contributed by atoms with Gasteiger partial charge in [-0.15, -0.1) is 0 Å². The molecule has 0 fully saturated rings. The number of hydrogen-bond acceptors (Lipinski definition) is 15. The minimum atomic E-state index is -4.95. The third kappa shape index (κ3) is 64.8. The molecule has 0 amide bonds. The molecule has 0 saturated heterocycles. The monoisotopic (exact) mass is 1320 g/mol. The summed E-state index contributed by atoms with van der Waals surface area (Å²) in [6.07, 6.45) is 43.2. The molecule has 0 aromatic rings. The van der Waals surface area contributed by atoms with Crippen LogP contribution in [0, 0.1) is 23.7 Å².